The summed E-state index contributed by atoms with van der Waals surface area (Å²) in [7, 11) is 0. The van der Waals surface area contributed by atoms with Crippen LogP contribution in [0.4, 0.5) is 0 Å². The minimum Gasteiger partial charge on any atom is -0.368 e. The minimum atomic E-state index is -0.168. The van der Waals surface area contributed by atoms with Gasteiger partial charge in [-0.05, 0) is 30.9 Å². The highest BCUT2D eigenvalue weighted by molar-refractivity contribution is 7.99. The van der Waals surface area contributed by atoms with Crippen molar-refractivity contribution in [3.63, 3.8) is 0 Å². The highest BCUT2D eigenvalue weighted by Crippen LogP contribution is 2.11. The van der Waals surface area contributed by atoms with Crippen molar-refractivity contribution < 1.29 is 4.79 Å². The van der Waals surface area contributed by atoms with Crippen LogP contribution >= 0.6 is 11.8 Å². The maximum atomic E-state index is 11.5. The Morgan fingerprint density at radius 1 is 1.50 bits per heavy atom. The Labute approximate surface area is 102 Å². The molecule has 0 saturated carbocycles. The molecule has 1 aliphatic rings. The molecule has 1 unspecified atom stereocenters. The number of nitrogens with one attached hydrogen (secondary N) is 1. The monoisotopic (exact) mass is 245 g/mol. The molecule has 1 rings (SSSR count). The third-order valence-corrected chi connectivity index (χ3v) is 3.82. The molecule has 1 heterocycles. The number of nitrogens with two attached hydrogens (primary N) is 1. The van der Waals surface area contributed by atoms with E-state index in [1.165, 1.54) is 0 Å². The van der Waals surface area contributed by atoms with Gasteiger partial charge < -0.3 is 11.1 Å². The third-order valence-electron chi connectivity index (χ3n) is 2.88. The fraction of sp³-hybridized carbons (Fsp3) is 0.909. The molecule has 1 atom stereocenters. The van der Waals surface area contributed by atoms with E-state index in [4.69, 9.17) is 5.73 Å². The molecule has 5 heteroatoms. The molecule has 3 N–H and O–H groups in total. The van der Waals surface area contributed by atoms with Crippen molar-refractivity contribution in [1.82, 2.24) is 10.2 Å². The van der Waals surface area contributed by atoms with Crippen LogP contribution in [0.1, 0.15) is 19.8 Å². The fourth-order valence-corrected chi connectivity index (χ4v) is 2.70. The van der Waals surface area contributed by atoms with Gasteiger partial charge in [-0.25, -0.2) is 0 Å². The fourth-order valence-electron chi connectivity index (χ4n) is 2.02. The second-order valence-electron chi connectivity index (χ2n) is 4.04. The topological polar surface area (TPSA) is 58.4 Å². The zero-order valence-electron chi connectivity index (χ0n) is 10.1. The Hall–Kier alpha value is -0.260. The van der Waals surface area contributed by atoms with Crippen molar-refractivity contribution in [3.8, 4) is 0 Å². The van der Waals surface area contributed by atoms with Gasteiger partial charge in [0.1, 0.15) is 0 Å². The molecule has 0 spiro atoms. The van der Waals surface area contributed by atoms with Crippen LogP contribution in [0.15, 0.2) is 0 Å². The number of rotatable bonds is 6. The maximum absolute atomic E-state index is 11.5. The molecule has 0 aromatic heterocycles. The van der Waals surface area contributed by atoms with Gasteiger partial charge in [0.2, 0.25) is 5.91 Å². The lowest BCUT2D eigenvalue weighted by Crippen LogP contribution is -2.46. The first kappa shape index (κ1) is 13.8. The number of amides is 1. The van der Waals surface area contributed by atoms with Crippen LogP contribution in [0.2, 0.25) is 0 Å². The molecular weight excluding hydrogens is 222 g/mol. The standard InChI is InChI=1S/C11H23N3OS/c1-2-16-9-4-10(11(12)15)14-7-3-5-13-6-8-14/h10,13H,2-9H2,1H3,(H2,12,15). The van der Waals surface area contributed by atoms with E-state index in [9.17, 15) is 4.79 Å². The van der Waals surface area contributed by atoms with E-state index in [0.717, 1.165) is 50.5 Å². The Morgan fingerprint density at radius 3 is 3.00 bits per heavy atom. The van der Waals surface area contributed by atoms with Crippen molar-refractivity contribution in [3.05, 3.63) is 0 Å². The lowest BCUT2D eigenvalue weighted by atomic mass is 10.1. The highest BCUT2D eigenvalue weighted by atomic mass is 32.2. The van der Waals surface area contributed by atoms with Crippen molar-refractivity contribution in [2.45, 2.75) is 25.8 Å². The Balaban J connectivity index is 2.43. The molecule has 16 heavy (non-hydrogen) atoms. The van der Waals surface area contributed by atoms with Crippen LogP contribution in [0.3, 0.4) is 0 Å². The lowest BCUT2D eigenvalue weighted by molar-refractivity contribution is -0.123. The second-order valence-corrected chi connectivity index (χ2v) is 5.44. The van der Waals surface area contributed by atoms with Gasteiger partial charge in [0.15, 0.2) is 0 Å². The number of nitrogens with zero attached hydrogens (tertiary/aromatic N) is 1. The molecule has 4 nitrogen and oxygen atoms in total. The summed E-state index contributed by atoms with van der Waals surface area (Å²) in [5.41, 5.74) is 5.49. The summed E-state index contributed by atoms with van der Waals surface area (Å²) in [4.78, 5) is 13.7. The Bertz CT molecular complexity index is 205. The summed E-state index contributed by atoms with van der Waals surface area (Å²) in [6.07, 6.45) is 1.98. The molecule has 1 fully saturated rings. The summed E-state index contributed by atoms with van der Waals surface area (Å²) in [5, 5.41) is 3.34. The quantitative estimate of drug-likeness (QED) is 0.660. The lowest BCUT2D eigenvalue weighted by Gasteiger charge is -2.27. The van der Waals surface area contributed by atoms with Crippen molar-refractivity contribution >= 4 is 17.7 Å². The third kappa shape index (κ3) is 4.72. The smallest absolute Gasteiger partial charge is 0.234 e. The van der Waals surface area contributed by atoms with Crippen LogP contribution in [0.25, 0.3) is 0 Å². The first-order chi connectivity index (χ1) is 7.75. The van der Waals surface area contributed by atoms with E-state index in [2.05, 4.69) is 17.1 Å². The van der Waals surface area contributed by atoms with Gasteiger partial charge in [0.05, 0.1) is 6.04 Å². The molecule has 1 saturated heterocycles. The largest absolute Gasteiger partial charge is 0.368 e. The van der Waals surface area contributed by atoms with Crippen LogP contribution in [0, 0.1) is 0 Å². The van der Waals surface area contributed by atoms with Gasteiger partial charge in [-0.2, -0.15) is 11.8 Å². The molecule has 1 aliphatic heterocycles. The van der Waals surface area contributed by atoms with Gasteiger partial charge in [-0.3, -0.25) is 9.69 Å². The minimum absolute atomic E-state index is 0.0704. The van der Waals surface area contributed by atoms with Crippen molar-refractivity contribution in [1.29, 1.82) is 0 Å². The normalized spacial score (nSPS) is 20.3. The molecule has 0 aliphatic carbocycles. The van der Waals surface area contributed by atoms with Crippen LogP contribution < -0.4 is 11.1 Å². The first-order valence-electron chi connectivity index (χ1n) is 6.07. The van der Waals surface area contributed by atoms with Crippen LogP contribution in [-0.4, -0.2) is 54.5 Å². The van der Waals surface area contributed by atoms with Crippen LogP contribution in [-0.2, 0) is 4.79 Å². The summed E-state index contributed by atoms with van der Waals surface area (Å²) in [6, 6.07) is -0.0704. The maximum Gasteiger partial charge on any atom is 0.234 e. The summed E-state index contributed by atoms with van der Waals surface area (Å²) in [6.45, 7) is 6.07. The molecular formula is C11H23N3OS. The number of primary amides is 1. The van der Waals surface area contributed by atoms with Gasteiger partial charge in [-0.15, -0.1) is 0 Å². The molecule has 94 valence electrons. The van der Waals surface area contributed by atoms with E-state index in [1.54, 1.807) is 0 Å². The van der Waals surface area contributed by atoms with Gasteiger partial charge in [0.25, 0.3) is 0 Å². The van der Waals surface area contributed by atoms with E-state index in [0.29, 0.717) is 0 Å². The highest BCUT2D eigenvalue weighted by Gasteiger charge is 2.23. The SMILES string of the molecule is CCSCCC(C(N)=O)N1CCCNCC1. The van der Waals surface area contributed by atoms with E-state index >= 15 is 0 Å². The number of hydrogen-bond acceptors (Lipinski definition) is 4. The zero-order valence-corrected chi connectivity index (χ0v) is 10.9. The predicted molar refractivity (Wildman–Crippen MR) is 69.7 cm³/mol. The zero-order chi connectivity index (χ0) is 11.8. The molecule has 1 amide bonds. The molecule has 0 aromatic rings. The number of hydrogen-bond donors (Lipinski definition) is 2. The molecule has 0 radical (unpaired) electrons. The van der Waals surface area contributed by atoms with Gasteiger partial charge in [0, 0.05) is 19.6 Å². The van der Waals surface area contributed by atoms with E-state index in [1.807, 2.05) is 11.8 Å². The summed E-state index contributed by atoms with van der Waals surface area (Å²) >= 11 is 1.87. The van der Waals surface area contributed by atoms with E-state index < -0.39 is 0 Å². The van der Waals surface area contributed by atoms with Gasteiger partial charge >= 0.3 is 0 Å². The number of thioether (sulfide) groups is 1. The molecule has 0 bridgehead atoms. The average Bonchev–Trinajstić information content (AvgIpc) is 2.52. The Kier molecular flexibility index (Phi) is 6.84. The Morgan fingerprint density at radius 2 is 2.31 bits per heavy atom. The first-order valence-corrected chi connectivity index (χ1v) is 7.23. The van der Waals surface area contributed by atoms with Crippen molar-refractivity contribution in [2.24, 2.45) is 5.73 Å². The number of carbonyl (C=O) groups is 1. The predicted octanol–water partition coefficient (Wildman–Crippen LogP) is 0.279. The number of carbonyl (C=O) groups excluding carboxylic acids is 1. The summed E-state index contributed by atoms with van der Waals surface area (Å²) < 4.78 is 0. The second kappa shape index (κ2) is 7.92. The van der Waals surface area contributed by atoms with Crippen LogP contribution in [0.5, 0.6) is 0 Å². The average molecular weight is 245 g/mol. The van der Waals surface area contributed by atoms with Gasteiger partial charge in [-0.1, -0.05) is 6.92 Å². The summed E-state index contributed by atoms with van der Waals surface area (Å²) in [5.74, 6) is 1.96. The van der Waals surface area contributed by atoms with E-state index in [-0.39, 0.29) is 11.9 Å². The van der Waals surface area contributed by atoms with Crippen molar-refractivity contribution in [2.75, 3.05) is 37.7 Å². The molecule has 0 aromatic carbocycles.